The smallest absolute Gasteiger partial charge is 0.319 e. The number of likely N-dealkylation sites (tertiary alicyclic amines) is 1. The Balaban J connectivity index is 1.72. The van der Waals surface area contributed by atoms with Crippen LogP contribution in [0, 0.1) is 5.92 Å². The van der Waals surface area contributed by atoms with Crippen LogP contribution in [-0.2, 0) is 0 Å². The molecule has 1 aliphatic rings. The van der Waals surface area contributed by atoms with Crippen molar-refractivity contribution < 1.29 is 9.53 Å². The lowest BCUT2D eigenvalue weighted by Crippen LogP contribution is -2.38. The monoisotopic (exact) mass is 277 g/mol. The summed E-state index contributed by atoms with van der Waals surface area (Å²) in [5.41, 5.74) is 0.770. The van der Waals surface area contributed by atoms with E-state index in [0.717, 1.165) is 43.9 Å². The normalized spacial score (nSPS) is 16.7. The summed E-state index contributed by atoms with van der Waals surface area (Å²) in [4.78, 5) is 14.1. The lowest BCUT2D eigenvalue weighted by atomic mass is 9.97. The summed E-state index contributed by atoms with van der Waals surface area (Å²) < 4.78 is 5.08. The van der Waals surface area contributed by atoms with E-state index in [1.165, 1.54) is 0 Å². The number of carbonyl (C=O) groups excluding carboxylic acids is 1. The number of nitrogens with one attached hydrogen (secondary N) is 2. The highest BCUT2D eigenvalue weighted by atomic mass is 16.5. The first-order chi connectivity index (χ1) is 9.67. The van der Waals surface area contributed by atoms with Crippen LogP contribution in [0.4, 0.5) is 10.5 Å². The van der Waals surface area contributed by atoms with Crippen molar-refractivity contribution in [3.05, 3.63) is 24.3 Å². The highest BCUT2D eigenvalue weighted by Gasteiger charge is 2.17. The number of carbonyl (C=O) groups is 1. The van der Waals surface area contributed by atoms with Gasteiger partial charge in [-0.1, -0.05) is 0 Å². The quantitative estimate of drug-likeness (QED) is 0.886. The van der Waals surface area contributed by atoms with E-state index >= 15 is 0 Å². The molecule has 0 aromatic heterocycles. The van der Waals surface area contributed by atoms with Crippen molar-refractivity contribution in [2.24, 2.45) is 5.92 Å². The van der Waals surface area contributed by atoms with Gasteiger partial charge in [-0.15, -0.1) is 0 Å². The number of hydrogen-bond donors (Lipinski definition) is 2. The summed E-state index contributed by atoms with van der Waals surface area (Å²) >= 11 is 0. The molecule has 1 aromatic carbocycles. The van der Waals surface area contributed by atoms with Gasteiger partial charge in [0.2, 0.25) is 0 Å². The number of methoxy groups -OCH3 is 1. The minimum Gasteiger partial charge on any atom is -0.497 e. The summed E-state index contributed by atoms with van der Waals surface area (Å²) in [5.74, 6) is 1.37. The number of ether oxygens (including phenoxy) is 1. The molecule has 20 heavy (non-hydrogen) atoms. The molecule has 5 nitrogen and oxygen atoms in total. The van der Waals surface area contributed by atoms with Gasteiger partial charge in [-0.25, -0.2) is 4.79 Å². The number of piperidine rings is 1. The number of hydrogen-bond acceptors (Lipinski definition) is 3. The summed E-state index contributed by atoms with van der Waals surface area (Å²) in [7, 11) is 3.76. The molecule has 1 heterocycles. The topological polar surface area (TPSA) is 53.6 Å². The Kier molecular flexibility index (Phi) is 5.24. The zero-order valence-corrected chi connectivity index (χ0v) is 12.2. The molecular weight excluding hydrogens is 254 g/mol. The second-order valence-electron chi connectivity index (χ2n) is 5.31. The average Bonchev–Trinajstić information content (AvgIpc) is 2.47. The van der Waals surface area contributed by atoms with Crippen LogP contribution >= 0.6 is 0 Å². The Bertz CT molecular complexity index is 425. The van der Waals surface area contributed by atoms with Gasteiger partial charge in [-0.3, -0.25) is 0 Å². The summed E-state index contributed by atoms with van der Waals surface area (Å²) in [6, 6.07) is 7.16. The van der Waals surface area contributed by atoms with Crippen LogP contribution in [-0.4, -0.2) is 44.7 Å². The van der Waals surface area contributed by atoms with E-state index in [9.17, 15) is 4.79 Å². The molecule has 0 bridgehead atoms. The SMILES string of the molecule is COc1ccc(NC(=O)NCC2CCN(C)CC2)cc1. The third kappa shape index (κ3) is 4.42. The lowest BCUT2D eigenvalue weighted by Gasteiger charge is -2.28. The largest absolute Gasteiger partial charge is 0.497 e. The van der Waals surface area contributed by atoms with Gasteiger partial charge in [-0.2, -0.15) is 0 Å². The predicted octanol–water partition coefficient (Wildman–Crippen LogP) is 2.16. The number of rotatable bonds is 4. The molecule has 1 saturated heterocycles. The van der Waals surface area contributed by atoms with E-state index in [0.29, 0.717) is 5.92 Å². The molecule has 0 saturated carbocycles. The Morgan fingerprint density at radius 1 is 1.30 bits per heavy atom. The van der Waals surface area contributed by atoms with Crippen molar-refractivity contribution in [2.45, 2.75) is 12.8 Å². The number of amides is 2. The van der Waals surface area contributed by atoms with E-state index in [-0.39, 0.29) is 6.03 Å². The highest BCUT2D eigenvalue weighted by Crippen LogP contribution is 2.16. The van der Waals surface area contributed by atoms with Crippen molar-refractivity contribution in [3.8, 4) is 5.75 Å². The maximum atomic E-state index is 11.8. The fraction of sp³-hybridized carbons (Fsp3) is 0.533. The molecule has 0 spiro atoms. The molecule has 2 amide bonds. The number of benzene rings is 1. The molecule has 0 aliphatic carbocycles. The second-order valence-corrected chi connectivity index (χ2v) is 5.31. The van der Waals surface area contributed by atoms with Crippen LogP contribution in [0.25, 0.3) is 0 Å². The average molecular weight is 277 g/mol. The highest BCUT2D eigenvalue weighted by molar-refractivity contribution is 5.89. The van der Waals surface area contributed by atoms with Crippen molar-refractivity contribution in [3.63, 3.8) is 0 Å². The van der Waals surface area contributed by atoms with Gasteiger partial charge < -0.3 is 20.3 Å². The van der Waals surface area contributed by atoms with Gasteiger partial charge >= 0.3 is 6.03 Å². The zero-order chi connectivity index (χ0) is 14.4. The minimum absolute atomic E-state index is 0.144. The van der Waals surface area contributed by atoms with Gasteiger partial charge in [0.25, 0.3) is 0 Å². The Hall–Kier alpha value is -1.75. The zero-order valence-electron chi connectivity index (χ0n) is 12.2. The molecule has 0 radical (unpaired) electrons. The van der Waals surface area contributed by atoms with Gasteiger partial charge in [0.1, 0.15) is 5.75 Å². The van der Waals surface area contributed by atoms with Gasteiger partial charge in [0, 0.05) is 12.2 Å². The van der Waals surface area contributed by atoms with E-state index in [2.05, 4.69) is 22.6 Å². The van der Waals surface area contributed by atoms with Crippen molar-refractivity contribution in [1.29, 1.82) is 0 Å². The fourth-order valence-corrected chi connectivity index (χ4v) is 2.35. The van der Waals surface area contributed by atoms with E-state index in [4.69, 9.17) is 4.74 Å². The summed E-state index contributed by atoms with van der Waals surface area (Å²) in [5, 5.41) is 5.77. The van der Waals surface area contributed by atoms with Crippen molar-refractivity contribution in [1.82, 2.24) is 10.2 Å². The molecule has 110 valence electrons. The lowest BCUT2D eigenvalue weighted by molar-refractivity contribution is 0.213. The molecule has 1 aliphatic heterocycles. The summed E-state index contributed by atoms with van der Waals surface area (Å²) in [6.45, 7) is 2.98. The first-order valence-corrected chi connectivity index (χ1v) is 7.05. The number of nitrogens with zero attached hydrogens (tertiary/aromatic N) is 1. The molecule has 1 fully saturated rings. The van der Waals surface area contributed by atoms with Crippen LogP contribution in [0.15, 0.2) is 24.3 Å². The molecule has 0 unspecified atom stereocenters. The minimum atomic E-state index is -0.144. The molecule has 1 aromatic rings. The van der Waals surface area contributed by atoms with E-state index in [1.807, 2.05) is 24.3 Å². The van der Waals surface area contributed by atoms with Crippen LogP contribution in [0.1, 0.15) is 12.8 Å². The fourth-order valence-electron chi connectivity index (χ4n) is 2.35. The maximum Gasteiger partial charge on any atom is 0.319 e. The first kappa shape index (κ1) is 14.7. The van der Waals surface area contributed by atoms with E-state index < -0.39 is 0 Å². The van der Waals surface area contributed by atoms with Crippen LogP contribution < -0.4 is 15.4 Å². The van der Waals surface area contributed by atoms with Crippen molar-refractivity contribution in [2.75, 3.05) is 39.1 Å². The second kappa shape index (κ2) is 7.14. The molecule has 2 N–H and O–H groups in total. The van der Waals surface area contributed by atoms with Gasteiger partial charge in [0.05, 0.1) is 7.11 Å². The third-order valence-electron chi connectivity index (χ3n) is 3.74. The molecular formula is C15H23N3O2. The van der Waals surface area contributed by atoms with Crippen LogP contribution in [0.2, 0.25) is 0 Å². The summed E-state index contributed by atoms with van der Waals surface area (Å²) in [6.07, 6.45) is 2.30. The Morgan fingerprint density at radius 3 is 2.55 bits per heavy atom. The van der Waals surface area contributed by atoms with Crippen molar-refractivity contribution >= 4 is 11.7 Å². The standard InChI is InChI=1S/C15H23N3O2/c1-18-9-7-12(8-10-18)11-16-15(19)17-13-3-5-14(20-2)6-4-13/h3-6,12H,7-11H2,1-2H3,(H2,16,17,19). The first-order valence-electron chi connectivity index (χ1n) is 7.05. The predicted molar refractivity (Wildman–Crippen MR) is 80.2 cm³/mol. The van der Waals surface area contributed by atoms with Crippen LogP contribution in [0.3, 0.4) is 0 Å². The van der Waals surface area contributed by atoms with Gasteiger partial charge in [-0.05, 0) is 63.2 Å². The van der Waals surface area contributed by atoms with Crippen LogP contribution in [0.5, 0.6) is 5.75 Å². The number of urea groups is 1. The molecule has 0 atom stereocenters. The Morgan fingerprint density at radius 2 is 1.95 bits per heavy atom. The third-order valence-corrected chi connectivity index (χ3v) is 3.74. The molecule has 2 rings (SSSR count). The van der Waals surface area contributed by atoms with Gasteiger partial charge in [0.15, 0.2) is 0 Å². The number of anilines is 1. The van der Waals surface area contributed by atoms with E-state index in [1.54, 1.807) is 7.11 Å². The Labute approximate surface area is 120 Å². The molecule has 5 heteroatoms. The maximum absolute atomic E-state index is 11.8.